The van der Waals surface area contributed by atoms with E-state index in [-0.39, 0.29) is 22.9 Å². The molecule has 3 aromatic rings. The van der Waals surface area contributed by atoms with Crippen molar-refractivity contribution in [2.24, 2.45) is 5.92 Å². The number of hydrogen-bond donors (Lipinski definition) is 1. The highest BCUT2D eigenvalue weighted by Gasteiger charge is 2.26. The summed E-state index contributed by atoms with van der Waals surface area (Å²) in [5, 5.41) is 0. The van der Waals surface area contributed by atoms with Crippen molar-refractivity contribution in [1.29, 1.82) is 0 Å². The van der Waals surface area contributed by atoms with Crippen LogP contribution < -0.4 is 9.46 Å². The summed E-state index contributed by atoms with van der Waals surface area (Å²) in [4.78, 5) is 19.2. The highest BCUT2D eigenvalue weighted by molar-refractivity contribution is 7.89. The molecule has 180 valence electrons. The number of para-hydroxylation sites is 1. The Balaban J connectivity index is 1.57. The Labute approximate surface area is 200 Å². The molecule has 2 aromatic carbocycles. The Kier molecular flexibility index (Phi) is 7.04. The maximum Gasteiger partial charge on any atom is 0.257 e. The summed E-state index contributed by atoms with van der Waals surface area (Å²) in [6.07, 6.45) is 5.41. The second-order valence-corrected chi connectivity index (χ2v) is 10.4. The second kappa shape index (κ2) is 9.99. The van der Waals surface area contributed by atoms with E-state index in [0.29, 0.717) is 24.8 Å². The third-order valence-electron chi connectivity index (χ3n) is 6.31. The van der Waals surface area contributed by atoms with Crippen molar-refractivity contribution in [3.05, 3.63) is 71.8 Å². The zero-order valence-corrected chi connectivity index (χ0v) is 20.5. The predicted octanol–water partition coefficient (Wildman–Crippen LogP) is 3.54. The number of nitrogens with one attached hydrogen (secondary N) is 1. The molecular weight excluding hydrogens is 452 g/mol. The first kappa shape index (κ1) is 24.0. The Morgan fingerprint density at radius 1 is 1.18 bits per heavy atom. The fourth-order valence-electron chi connectivity index (χ4n) is 4.19. The normalized spacial score (nSPS) is 14.9. The Hall–Kier alpha value is -3.17. The SMILES string of the molecule is COc1ccc(S(=O)(=O)NCc2ccccc2-n2ccnc2C)cc1C(=O)N1CCC(C)CC1. The van der Waals surface area contributed by atoms with Crippen LogP contribution in [0.15, 0.2) is 59.8 Å². The number of amides is 1. The maximum atomic E-state index is 13.2. The Morgan fingerprint density at radius 3 is 2.59 bits per heavy atom. The van der Waals surface area contributed by atoms with Gasteiger partial charge in [0, 0.05) is 32.0 Å². The van der Waals surface area contributed by atoms with Crippen LogP contribution in [0.3, 0.4) is 0 Å². The fraction of sp³-hybridized carbons (Fsp3) is 0.360. The first-order chi connectivity index (χ1) is 16.3. The molecule has 1 aliphatic heterocycles. The van der Waals surface area contributed by atoms with E-state index in [1.807, 2.05) is 42.0 Å². The molecule has 1 amide bonds. The first-order valence-electron chi connectivity index (χ1n) is 11.4. The van der Waals surface area contributed by atoms with Gasteiger partial charge in [-0.1, -0.05) is 25.1 Å². The van der Waals surface area contributed by atoms with E-state index in [2.05, 4.69) is 16.6 Å². The van der Waals surface area contributed by atoms with Gasteiger partial charge in [0.1, 0.15) is 11.6 Å². The molecule has 34 heavy (non-hydrogen) atoms. The lowest BCUT2D eigenvalue weighted by Crippen LogP contribution is -2.38. The van der Waals surface area contributed by atoms with Crippen molar-refractivity contribution in [3.63, 3.8) is 0 Å². The summed E-state index contributed by atoms with van der Waals surface area (Å²) < 4.78 is 36.3. The number of piperidine rings is 1. The molecule has 1 aliphatic rings. The number of likely N-dealkylation sites (tertiary alicyclic amines) is 1. The third-order valence-corrected chi connectivity index (χ3v) is 7.71. The minimum atomic E-state index is -3.88. The summed E-state index contributed by atoms with van der Waals surface area (Å²) in [6.45, 7) is 5.47. The van der Waals surface area contributed by atoms with E-state index < -0.39 is 10.0 Å². The average Bonchev–Trinajstić information content (AvgIpc) is 3.28. The number of sulfonamides is 1. The summed E-state index contributed by atoms with van der Waals surface area (Å²) in [6, 6.07) is 12.0. The minimum absolute atomic E-state index is 0.0262. The molecule has 0 atom stereocenters. The number of rotatable bonds is 7. The van der Waals surface area contributed by atoms with Gasteiger partial charge in [0.2, 0.25) is 10.0 Å². The van der Waals surface area contributed by atoms with Gasteiger partial charge < -0.3 is 14.2 Å². The zero-order chi connectivity index (χ0) is 24.3. The van der Waals surface area contributed by atoms with Crippen LogP contribution in [0.4, 0.5) is 0 Å². The van der Waals surface area contributed by atoms with Crippen LogP contribution >= 0.6 is 0 Å². The highest BCUT2D eigenvalue weighted by atomic mass is 32.2. The molecule has 0 aliphatic carbocycles. The molecule has 0 spiro atoms. The molecule has 2 heterocycles. The van der Waals surface area contributed by atoms with Crippen molar-refractivity contribution in [3.8, 4) is 11.4 Å². The molecule has 0 radical (unpaired) electrons. The molecule has 1 aromatic heterocycles. The Bertz CT molecular complexity index is 1280. The molecule has 1 saturated heterocycles. The zero-order valence-electron chi connectivity index (χ0n) is 19.7. The van der Waals surface area contributed by atoms with Gasteiger partial charge in [0.15, 0.2) is 0 Å². The van der Waals surface area contributed by atoms with Gasteiger partial charge in [-0.25, -0.2) is 18.1 Å². The van der Waals surface area contributed by atoms with Gasteiger partial charge in [-0.2, -0.15) is 0 Å². The van der Waals surface area contributed by atoms with Crippen LogP contribution in [0, 0.1) is 12.8 Å². The van der Waals surface area contributed by atoms with Gasteiger partial charge in [-0.3, -0.25) is 4.79 Å². The van der Waals surface area contributed by atoms with Gasteiger partial charge in [-0.15, -0.1) is 0 Å². The number of ether oxygens (including phenoxy) is 1. The van der Waals surface area contributed by atoms with Crippen LogP contribution in [0.1, 0.15) is 41.5 Å². The monoisotopic (exact) mass is 482 g/mol. The van der Waals surface area contributed by atoms with Crippen LogP contribution in [-0.2, 0) is 16.6 Å². The molecule has 1 fully saturated rings. The minimum Gasteiger partial charge on any atom is -0.496 e. The topological polar surface area (TPSA) is 93.5 Å². The van der Waals surface area contributed by atoms with Crippen LogP contribution in [0.5, 0.6) is 5.75 Å². The third kappa shape index (κ3) is 5.00. The molecule has 4 rings (SSSR count). The standard InChI is InChI=1S/C25H30N4O4S/c1-18-10-13-28(14-11-18)25(30)22-16-21(8-9-24(22)33-3)34(31,32)27-17-20-6-4-5-7-23(20)29-15-12-26-19(29)2/h4-9,12,15-16,18,27H,10-11,13-14,17H2,1-3H3. The van der Waals surface area contributed by atoms with Gasteiger partial charge in [0.25, 0.3) is 5.91 Å². The summed E-state index contributed by atoms with van der Waals surface area (Å²) in [5.74, 6) is 1.54. The summed E-state index contributed by atoms with van der Waals surface area (Å²) >= 11 is 0. The number of benzene rings is 2. The number of aromatic nitrogens is 2. The van der Waals surface area contributed by atoms with Crippen molar-refractivity contribution in [2.45, 2.75) is 38.1 Å². The number of nitrogens with zero attached hydrogens (tertiary/aromatic N) is 3. The second-order valence-electron chi connectivity index (χ2n) is 8.63. The summed E-state index contributed by atoms with van der Waals surface area (Å²) in [7, 11) is -2.40. The highest BCUT2D eigenvalue weighted by Crippen LogP contribution is 2.26. The van der Waals surface area contributed by atoms with Gasteiger partial charge >= 0.3 is 0 Å². The molecule has 0 unspecified atom stereocenters. The average molecular weight is 483 g/mol. The van der Waals surface area contributed by atoms with E-state index in [4.69, 9.17) is 4.74 Å². The van der Waals surface area contributed by atoms with Crippen LogP contribution in [0.2, 0.25) is 0 Å². The largest absolute Gasteiger partial charge is 0.496 e. The predicted molar refractivity (Wildman–Crippen MR) is 130 cm³/mol. The number of imidazole rings is 1. The molecule has 9 heteroatoms. The van der Waals surface area contributed by atoms with Crippen LogP contribution in [-0.4, -0.2) is 49.0 Å². The number of carbonyl (C=O) groups excluding carboxylic acids is 1. The van der Waals surface area contributed by atoms with E-state index in [0.717, 1.165) is 29.9 Å². The van der Waals surface area contributed by atoms with Crippen molar-refractivity contribution >= 4 is 15.9 Å². The molecule has 1 N–H and O–H groups in total. The van der Waals surface area contributed by atoms with E-state index >= 15 is 0 Å². The molecule has 8 nitrogen and oxygen atoms in total. The summed E-state index contributed by atoms with van der Waals surface area (Å²) in [5.41, 5.74) is 1.92. The van der Waals surface area contributed by atoms with Crippen molar-refractivity contribution in [2.75, 3.05) is 20.2 Å². The lowest BCUT2D eigenvalue weighted by atomic mass is 9.98. The van der Waals surface area contributed by atoms with Crippen LogP contribution in [0.25, 0.3) is 5.69 Å². The van der Waals surface area contributed by atoms with Gasteiger partial charge in [-0.05, 0) is 55.5 Å². The van der Waals surface area contributed by atoms with Crippen molar-refractivity contribution < 1.29 is 17.9 Å². The fourth-order valence-corrected chi connectivity index (χ4v) is 5.22. The maximum absolute atomic E-state index is 13.2. The smallest absolute Gasteiger partial charge is 0.257 e. The number of hydrogen-bond acceptors (Lipinski definition) is 5. The molecule has 0 saturated carbocycles. The van der Waals surface area contributed by atoms with E-state index in [1.165, 1.54) is 25.3 Å². The lowest BCUT2D eigenvalue weighted by Gasteiger charge is -2.30. The number of methoxy groups -OCH3 is 1. The lowest BCUT2D eigenvalue weighted by molar-refractivity contribution is 0.0693. The van der Waals surface area contributed by atoms with E-state index in [1.54, 1.807) is 11.1 Å². The number of aryl methyl sites for hydroxylation is 1. The quantitative estimate of drug-likeness (QED) is 0.556. The van der Waals surface area contributed by atoms with E-state index in [9.17, 15) is 13.2 Å². The number of carbonyl (C=O) groups is 1. The molecular formula is C25H30N4O4S. The van der Waals surface area contributed by atoms with Gasteiger partial charge in [0.05, 0.1) is 23.3 Å². The first-order valence-corrected chi connectivity index (χ1v) is 12.8. The Morgan fingerprint density at radius 2 is 1.91 bits per heavy atom. The van der Waals surface area contributed by atoms with Crippen molar-refractivity contribution in [1.82, 2.24) is 19.2 Å². The molecule has 0 bridgehead atoms.